The highest BCUT2D eigenvalue weighted by Gasteiger charge is 2.38. The second-order valence-electron chi connectivity index (χ2n) is 9.92. The molecule has 214 valence electrons. The molecule has 2 N–H and O–H groups in total. The zero-order chi connectivity index (χ0) is 29.0. The molecule has 0 spiro atoms. The maximum absolute atomic E-state index is 14.1. The van der Waals surface area contributed by atoms with Gasteiger partial charge in [0, 0.05) is 25.6 Å². The van der Waals surface area contributed by atoms with Crippen molar-refractivity contribution in [3.63, 3.8) is 0 Å². The largest absolute Gasteiger partial charge is 0.497 e. The summed E-state index contributed by atoms with van der Waals surface area (Å²) in [6, 6.07) is 16.9. The lowest BCUT2D eigenvalue weighted by Gasteiger charge is -2.37. The molecule has 0 fully saturated rings. The number of halogens is 1. The summed E-state index contributed by atoms with van der Waals surface area (Å²) in [5.74, 6) is -0.0973. The summed E-state index contributed by atoms with van der Waals surface area (Å²) in [6.45, 7) is 3.27. The third kappa shape index (κ3) is 6.22. The van der Waals surface area contributed by atoms with Gasteiger partial charge in [-0.15, -0.1) is 0 Å². The van der Waals surface area contributed by atoms with Gasteiger partial charge in [0.05, 0.1) is 25.9 Å². The van der Waals surface area contributed by atoms with Gasteiger partial charge in [-0.25, -0.2) is 17.6 Å². The fourth-order valence-corrected chi connectivity index (χ4v) is 6.36. The molecular weight excluding hydrogens is 537 g/mol. The van der Waals surface area contributed by atoms with Crippen LogP contribution in [0.4, 0.5) is 14.9 Å². The number of likely N-dealkylation sites (N-methyl/N-ethyl adjacent to an activating group) is 1. The summed E-state index contributed by atoms with van der Waals surface area (Å²) in [5, 5.41) is 12.4. The van der Waals surface area contributed by atoms with Crippen LogP contribution >= 0.6 is 0 Å². The molecule has 9 nitrogen and oxygen atoms in total. The van der Waals surface area contributed by atoms with E-state index in [1.807, 2.05) is 31.2 Å². The molecule has 4 rings (SSSR count). The van der Waals surface area contributed by atoms with Crippen LogP contribution in [-0.2, 0) is 10.0 Å². The highest BCUT2D eigenvalue weighted by Crippen LogP contribution is 2.37. The predicted octanol–water partition coefficient (Wildman–Crippen LogP) is 4.43. The number of methoxy groups -OCH3 is 1. The summed E-state index contributed by atoms with van der Waals surface area (Å²) in [4.78, 5) is 14.2. The minimum Gasteiger partial charge on any atom is -0.497 e. The molecule has 0 bridgehead atoms. The lowest BCUT2D eigenvalue weighted by atomic mass is 10.0. The third-order valence-corrected chi connectivity index (χ3v) is 9.03. The van der Waals surface area contributed by atoms with E-state index in [4.69, 9.17) is 9.47 Å². The number of carbonyl (C=O) groups excluding carboxylic acids is 1. The van der Waals surface area contributed by atoms with E-state index in [2.05, 4.69) is 5.32 Å². The van der Waals surface area contributed by atoms with Gasteiger partial charge in [-0.3, -0.25) is 0 Å². The molecule has 0 aromatic heterocycles. The number of anilines is 1. The number of fused-ring (bicyclic) bond motifs is 1. The van der Waals surface area contributed by atoms with Crippen molar-refractivity contribution >= 4 is 21.7 Å². The first-order valence-corrected chi connectivity index (χ1v) is 14.3. The van der Waals surface area contributed by atoms with Gasteiger partial charge in [0.1, 0.15) is 28.3 Å². The van der Waals surface area contributed by atoms with Gasteiger partial charge in [0.2, 0.25) is 10.0 Å². The summed E-state index contributed by atoms with van der Waals surface area (Å²) >= 11 is 0. The Morgan fingerprint density at radius 2 is 1.85 bits per heavy atom. The number of amides is 2. The number of carbonyl (C=O) groups is 1. The molecule has 0 saturated carbocycles. The van der Waals surface area contributed by atoms with Crippen LogP contribution in [0, 0.1) is 11.7 Å². The standard InChI is InChI=1S/C29H34FN3O6S/c1-19-16-33(20(2)18-34)40(36,37)28-14-11-22(21-9-12-23(38-4)13-10-21)15-26(28)39-27(19)17-32(3)29(35)31-25-8-6-5-7-24(25)30/h5-15,19-20,27,34H,16-18H2,1-4H3,(H,31,35)/t19-,20-,27+/m0/s1. The summed E-state index contributed by atoms with van der Waals surface area (Å²) in [5.41, 5.74) is 1.61. The Hall–Kier alpha value is -3.67. The Morgan fingerprint density at radius 1 is 1.18 bits per heavy atom. The Balaban J connectivity index is 1.69. The third-order valence-electron chi connectivity index (χ3n) is 7.01. The van der Waals surface area contributed by atoms with Crippen LogP contribution in [0.1, 0.15) is 13.8 Å². The van der Waals surface area contributed by atoms with Crippen molar-refractivity contribution in [1.29, 1.82) is 0 Å². The highest BCUT2D eigenvalue weighted by molar-refractivity contribution is 7.89. The maximum atomic E-state index is 14.1. The maximum Gasteiger partial charge on any atom is 0.321 e. The van der Waals surface area contributed by atoms with E-state index in [0.29, 0.717) is 5.75 Å². The second kappa shape index (κ2) is 12.2. The van der Waals surface area contributed by atoms with Crippen molar-refractivity contribution in [2.24, 2.45) is 5.92 Å². The van der Waals surface area contributed by atoms with Crippen LogP contribution in [0.25, 0.3) is 11.1 Å². The molecule has 0 saturated heterocycles. The van der Waals surface area contributed by atoms with Gasteiger partial charge in [0.25, 0.3) is 0 Å². The van der Waals surface area contributed by atoms with Crippen molar-refractivity contribution in [1.82, 2.24) is 9.21 Å². The minimum absolute atomic E-state index is 0.0274. The topological polar surface area (TPSA) is 108 Å². The first-order chi connectivity index (χ1) is 19.0. The predicted molar refractivity (Wildman–Crippen MR) is 150 cm³/mol. The number of para-hydroxylation sites is 1. The number of urea groups is 1. The number of hydrogen-bond acceptors (Lipinski definition) is 6. The Bertz CT molecular complexity index is 1450. The fraction of sp³-hybridized carbons (Fsp3) is 0.345. The number of nitrogens with zero attached hydrogens (tertiary/aromatic N) is 2. The molecule has 11 heteroatoms. The number of aliphatic hydroxyl groups excluding tert-OH is 1. The molecule has 3 atom stereocenters. The van der Waals surface area contributed by atoms with E-state index in [0.717, 1.165) is 11.1 Å². The van der Waals surface area contributed by atoms with Gasteiger partial charge < -0.3 is 24.8 Å². The lowest BCUT2D eigenvalue weighted by Crippen LogP contribution is -2.50. The minimum atomic E-state index is -4.02. The Morgan fingerprint density at radius 3 is 2.50 bits per heavy atom. The summed E-state index contributed by atoms with van der Waals surface area (Å²) in [7, 11) is -0.880. The first kappa shape index (κ1) is 29.3. The number of benzene rings is 3. The normalized spacial score (nSPS) is 19.4. The smallest absolute Gasteiger partial charge is 0.321 e. The van der Waals surface area contributed by atoms with E-state index in [-0.39, 0.29) is 41.9 Å². The first-order valence-electron chi connectivity index (χ1n) is 12.9. The number of hydrogen-bond donors (Lipinski definition) is 2. The Labute approximate surface area is 234 Å². The van der Waals surface area contributed by atoms with E-state index >= 15 is 0 Å². The molecule has 1 aliphatic rings. The number of aliphatic hydroxyl groups is 1. The molecule has 2 amide bonds. The zero-order valence-electron chi connectivity index (χ0n) is 22.9. The van der Waals surface area contributed by atoms with Gasteiger partial charge in [0.15, 0.2) is 0 Å². The highest BCUT2D eigenvalue weighted by atomic mass is 32.2. The van der Waals surface area contributed by atoms with E-state index in [1.54, 1.807) is 39.3 Å². The average Bonchev–Trinajstić information content (AvgIpc) is 2.95. The van der Waals surface area contributed by atoms with Gasteiger partial charge in [-0.1, -0.05) is 37.3 Å². The molecule has 1 aliphatic heterocycles. The monoisotopic (exact) mass is 571 g/mol. The molecule has 0 aliphatic carbocycles. The van der Waals surface area contributed by atoms with Crippen LogP contribution < -0.4 is 14.8 Å². The summed E-state index contributed by atoms with van der Waals surface area (Å²) < 4.78 is 54.4. The van der Waals surface area contributed by atoms with Crippen molar-refractivity contribution in [2.45, 2.75) is 30.9 Å². The van der Waals surface area contributed by atoms with E-state index < -0.39 is 34.0 Å². The van der Waals surface area contributed by atoms with Crippen molar-refractivity contribution in [3.05, 3.63) is 72.5 Å². The average molecular weight is 572 g/mol. The molecular formula is C29H34FN3O6S. The van der Waals surface area contributed by atoms with Gasteiger partial charge in [-0.05, 0) is 54.4 Å². The van der Waals surface area contributed by atoms with E-state index in [1.165, 1.54) is 33.5 Å². The molecule has 3 aromatic rings. The van der Waals surface area contributed by atoms with Crippen LogP contribution in [0.3, 0.4) is 0 Å². The van der Waals surface area contributed by atoms with Crippen molar-refractivity contribution in [3.8, 4) is 22.6 Å². The number of sulfonamides is 1. The number of rotatable bonds is 7. The van der Waals surface area contributed by atoms with Crippen LogP contribution in [-0.4, -0.2) is 74.8 Å². The Kier molecular flexibility index (Phi) is 8.97. The molecule has 40 heavy (non-hydrogen) atoms. The molecule has 3 aromatic carbocycles. The van der Waals surface area contributed by atoms with Gasteiger partial charge >= 0.3 is 6.03 Å². The van der Waals surface area contributed by atoms with Crippen molar-refractivity contribution < 1.29 is 32.2 Å². The van der Waals surface area contributed by atoms with Crippen molar-refractivity contribution in [2.75, 3.05) is 39.2 Å². The number of nitrogens with one attached hydrogen (secondary N) is 1. The quantitative estimate of drug-likeness (QED) is 0.434. The molecule has 0 unspecified atom stereocenters. The zero-order valence-corrected chi connectivity index (χ0v) is 23.7. The SMILES string of the molecule is COc1ccc(-c2ccc3c(c2)O[C@H](CN(C)C(=O)Nc2ccccc2F)[C@@H](C)CN([C@@H](C)CO)S3(=O)=O)cc1. The van der Waals surface area contributed by atoms with Crippen LogP contribution in [0.5, 0.6) is 11.5 Å². The molecule has 0 radical (unpaired) electrons. The molecule has 1 heterocycles. The summed E-state index contributed by atoms with van der Waals surface area (Å²) in [6.07, 6.45) is -0.620. The second-order valence-corrected chi connectivity index (χ2v) is 11.8. The fourth-order valence-electron chi connectivity index (χ4n) is 4.53. The van der Waals surface area contributed by atoms with Crippen LogP contribution in [0.15, 0.2) is 71.6 Å². The van der Waals surface area contributed by atoms with E-state index in [9.17, 15) is 22.7 Å². The van der Waals surface area contributed by atoms with Crippen LogP contribution in [0.2, 0.25) is 0 Å². The lowest BCUT2D eigenvalue weighted by molar-refractivity contribution is 0.0830. The van der Waals surface area contributed by atoms with Gasteiger partial charge in [-0.2, -0.15) is 4.31 Å². The number of ether oxygens (including phenoxy) is 2.